The maximum atomic E-state index is 13.2. The topological polar surface area (TPSA) is 55.1 Å². The van der Waals surface area contributed by atoms with Crippen LogP contribution in [0.1, 0.15) is 47.0 Å². The lowest BCUT2D eigenvalue weighted by molar-refractivity contribution is -0.119. The van der Waals surface area contributed by atoms with E-state index in [1.54, 1.807) is 0 Å². The average Bonchev–Trinajstić information content (AvgIpc) is 2.40. The highest BCUT2D eigenvalue weighted by atomic mass is 19.1. The van der Waals surface area contributed by atoms with Crippen molar-refractivity contribution in [3.63, 3.8) is 0 Å². The summed E-state index contributed by atoms with van der Waals surface area (Å²) in [6, 6.07) is -0.100. The largest absolute Gasteiger partial charge is 0.353 e. The molecule has 1 atom stereocenters. The Bertz CT molecular complexity index is 315. The molecule has 0 fully saturated rings. The third kappa shape index (κ3) is 11.8. The van der Waals surface area contributed by atoms with Gasteiger partial charge in [-0.25, -0.2) is 8.78 Å². The van der Waals surface area contributed by atoms with Gasteiger partial charge in [-0.15, -0.1) is 0 Å². The summed E-state index contributed by atoms with van der Waals surface area (Å²) >= 11 is 0. The number of halogens is 2. The number of hydrogen-bond acceptors (Lipinski definition) is 2. The molecule has 0 heterocycles. The van der Waals surface area contributed by atoms with Gasteiger partial charge in [-0.2, -0.15) is 0 Å². The summed E-state index contributed by atoms with van der Waals surface area (Å²) in [6.45, 7) is 6.95. The molecule has 0 aliphatic carbocycles. The highest BCUT2D eigenvalue weighted by Crippen LogP contribution is 2.15. The first-order valence-electron chi connectivity index (χ1n) is 7.11. The van der Waals surface area contributed by atoms with Gasteiger partial charge in [0, 0.05) is 13.0 Å². The number of carbonyl (C=O) groups excluding carboxylic acids is 1. The Hall–Kier alpha value is -1.23. The van der Waals surface area contributed by atoms with E-state index in [1.807, 2.05) is 20.8 Å². The van der Waals surface area contributed by atoms with E-state index in [0.717, 1.165) is 11.6 Å². The van der Waals surface area contributed by atoms with E-state index >= 15 is 0 Å². The Balaban J connectivity index is 0. The van der Waals surface area contributed by atoms with Crippen molar-refractivity contribution < 1.29 is 13.6 Å². The minimum absolute atomic E-state index is 0.100. The van der Waals surface area contributed by atoms with Crippen molar-refractivity contribution in [3.8, 4) is 0 Å². The molecule has 0 rings (SSSR count). The molecule has 0 saturated heterocycles. The number of amides is 1. The van der Waals surface area contributed by atoms with Crippen molar-refractivity contribution in [3.05, 3.63) is 23.6 Å². The molecule has 0 aromatic heterocycles. The number of hydrogen-bond donors (Lipinski definition) is 2. The first-order chi connectivity index (χ1) is 9.53. The smallest absolute Gasteiger partial charge is 0.217 e. The lowest BCUT2D eigenvalue weighted by Gasteiger charge is -2.18. The summed E-state index contributed by atoms with van der Waals surface area (Å²) in [6.07, 6.45) is 4.01. The third-order valence-corrected chi connectivity index (χ3v) is 2.50. The van der Waals surface area contributed by atoms with E-state index in [2.05, 4.69) is 5.32 Å². The lowest BCUT2D eigenvalue weighted by Crippen LogP contribution is -2.35. The quantitative estimate of drug-likeness (QED) is 0.673. The first-order valence-corrected chi connectivity index (χ1v) is 7.11. The number of carbonyl (C=O) groups is 1. The maximum absolute atomic E-state index is 13.2. The van der Waals surface area contributed by atoms with E-state index < -0.39 is 12.5 Å². The summed E-state index contributed by atoms with van der Waals surface area (Å²) in [5.74, 6) is -0.715. The van der Waals surface area contributed by atoms with Gasteiger partial charge in [0.2, 0.25) is 5.91 Å². The number of rotatable bonds is 8. The molecule has 3 nitrogen and oxygen atoms in total. The van der Waals surface area contributed by atoms with Crippen molar-refractivity contribution in [2.24, 2.45) is 5.73 Å². The fraction of sp³-hybridized carbons (Fsp3) is 0.667. The zero-order valence-electron chi connectivity index (χ0n) is 13.0. The van der Waals surface area contributed by atoms with Crippen LogP contribution < -0.4 is 11.1 Å². The van der Waals surface area contributed by atoms with Crippen LogP contribution in [0.15, 0.2) is 23.6 Å². The van der Waals surface area contributed by atoms with Crippen molar-refractivity contribution in [1.82, 2.24) is 5.32 Å². The van der Waals surface area contributed by atoms with Gasteiger partial charge in [-0.1, -0.05) is 26.3 Å². The number of allylic oxidation sites excluding steroid dienone is 3. The lowest BCUT2D eigenvalue weighted by atomic mass is 10.0. The fourth-order valence-corrected chi connectivity index (χ4v) is 1.66. The van der Waals surface area contributed by atoms with Crippen LogP contribution in [0, 0.1) is 0 Å². The Labute approximate surface area is 121 Å². The van der Waals surface area contributed by atoms with Crippen LogP contribution in [0.4, 0.5) is 8.78 Å². The maximum Gasteiger partial charge on any atom is 0.217 e. The standard InChI is InChI=1S/C13H22F2N2O.C2H6/c1-3-11(8-12(15)4-6-14)9-13(5-7-16)17-10(2)18;1-2/h4,8,13H,3,5-7,9,16H2,1-2H3,(H,17,18);1-2H3/b11-8+,12-4+;/t13-;/m1./s1. The predicted molar refractivity (Wildman–Crippen MR) is 80.8 cm³/mol. The molecule has 0 aromatic rings. The third-order valence-electron chi connectivity index (χ3n) is 2.50. The van der Waals surface area contributed by atoms with Crippen LogP contribution in [0.5, 0.6) is 0 Å². The summed E-state index contributed by atoms with van der Waals surface area (Å²) < 4.78 is 25.1. The minimum Gasteiger partial charge on any atom is -0.353 e. The molecule has 0 aliphatic heterocycles. The Kier molecular flexibility index (Phi) is 14.9. The van der Waals surface area contributed by atoms with E-state index in [4.69, 9.17) is 5.73 Å². The van der Waals surface area contributed by atoms with Gasteiger partial charge in [-0.3, -0.25) is 4.79 Å². The van der Waals surface area contributed by atoms with Crippen LogP contribution in [0.2, 0.25) is 0 Å². The molecule has 3 N–H and O–H groups in total. The normalized spacial score (nSPS) is 13.3. The molecule has 0 aliphatic rings. The van der Waals surface area contributed by atoms with Crippen LogP contribution in [0.25, 0.3) is 0 Å². The van der Waals surface area contributed by atoms with Gasteiger partial charge < -0.3 is 11.1 Å². The van der Waals surface area contributed by atoms with Gasteiger partial charge in [0.25, 0.3) is 0 Å². The van der Waals surface area contributed by atoms with Crippen molar-refractivity contribution in [1.29, 1.82) is 0 Å². The molecule has 0 aromatic carbocycles. The van der Waals surface area contributed by atoms with E-state index in [9.17, 15) is 13.6 Å². The highest BCUT2D eigenvalue weighted by Gasteiger charge is 2.11. The second-order valence-electron chi connectivity index (χ2n) is 4.08. The summed E-state index contributed by atoms with van der Waals surface area (Å²) in [7, 11) is 0. The Morgan fingerprint density at radius 2 is 2.00 bits per heavy atom. The van der Waals surface area contributed by atoms with Crippen LogP contribution in [-0.4, -0.2) is 25.2 Å². The molecule has 0 radical (unpaired) electrons. The zero-order valence-corrected chi connectivity index (χ0v) is 13.0. The molecular formula is C15H28F2N2O. The van der Waals surface area contributed by atoms with Gasteiger partial charge in [0.15, 0.2) is 0 Å². The molecule has 0 spiro atoms. The summed E-state index contributed by atoms with van der Waals surface area (Å²) in [4.78, 5) is 11.0. The van der Waals surface area contributed by atoms with Gasteiger partial charge >= 0.3 is 0 Å². The Morgan fingerprint density at radius 1 is 1.40 bits per heavy atom. The molecular weight excluding hydrogens is 262 g/mol. The number of nitrogens with one attached hydrogen (secondary N) is 1. The van der Waals surface area contributed by atoms with Crippen LogP contribution in [0.3, 0.4) is 0 Å². The van der Waals surface area contributed by atoms with E-state index in [-0.39, 0.29) is 11.9 Å². The van der Waals surface area contributed by atoms with Crippen molar-refractivity contribution in [2.45, 2.75) is 53.0 Å². The van der Waals surface area contributed by atoms with Gasteiger partial charge in [0.05, 0.1) is 0 Å². The van der Waals surface area contributed by atoms with E-state index in [1.165, 1.54) is 13.0 Å². The first kappa shape index (κ1) is 21.1. The number of alkyl halides is 1. The Morgan fingerprint density at radius 3 is 2.40 bits per heavy atom. The van der Waals surface area contributed by atoms with Crippen molar-refractivity contribution in [2.75, 3.05) is 13.2 Å². The average molecular weight is 290 g/mol. The highest BCUT2D eigenvalue weighted by molar-refractivity contribution is 5.73. The minimum atomic E-state index is -0.822. The fourth-order valence-electron chi connectivity index (χ4n) is 1.66. The SMILES string of the molecule is CC.CC/C(=C\C(F)=C/CF)C[C@@H](CCN)NC(C)=O. The summed E-state index contributed by atoms with van der Waals surface area (Å²) in [5.41, 5.74) is 6.29. The molecule has 0 bridgehead atoms. The van der Waals surface area contributed by atoms with Gasteiger partial charge in [-0.05, 0) is 38.0 Å². The summed E-state index contributed by atoms with van der Waals surface area (Å²) in [5, 5.41) is 2.78. The predicted octanol–water partition coefficient (Wildman–Crippen LogP) is 3.42. The van der Waals surface area contributed by atoms with Crippen LogP contribution >= 0.6 is 0 Å². The van der Waals surface area contributed by atoms with E-state index in [0.29, 0.717) is 25.8 Å². The second kappa shape index (κ2) is 14.2. The number of nitrogens with two attached hydrogens (primary N) is 1. The molecule has 20 heavy (non-hydrogen) atoms. The van der Waals surface area contributed by atoms with Crippen LogP contribution in [-0.2, 0) is 4.79 Å². The monoisotopic (exact) mass is 290 g/mol. The zero-order chi connectivity index (χ0) is 16.0. The second-order valence-corrected chi connectivity index (χ2v) is 4.08. The molecule has 0 saturated carbocycles. The molecule has 118 valence electrons. The van der Waals surface area contributed by atoms with Crippen molar-refractivity contribution >= 4 is 5.91 Å². The van der Waals surface area contributed by atoms with Gasteiger partial charge in [0.1, 0.15) is 12.5 Å². The molecule has 5 heteroatoms. The molecule has 0 unspecified atom stereocenters. The molecule has 1 amide bonds.